The second-order valence-electron chi connectivity index (χ2n) is 6.26. The molecular formula is C22H23NO3. The monoisotopic (exact) mass is 349 g/mol. The zero-order valence-corrected chi connectivity index (χ0v) is 14.7. The number of esters is 1. The summed E-state index contributed by atoms with van der Waals surface area (Å²) in [7, 11) is 0. The van der Waals surface area contributed by atoms with Crippen molar-refractivity contribution in [1.82, 2.24) is 4.90 Å². The van der Waals surface area contributed by atoms with Crippen molar-refractivity contribution >= 4 is 16.7 Å². The maximum Gasteiger partial charge on any atom is 0.320 e. The predicted octanol–water partition coefficient (Wildman–Crippen LogP) is 3.38. The van der Waals surface area contributed by atoms with Crippen LogP contribution in [-0.2, 0) is 22.6 Å². The van der Waals surface area contributed by atoms with Crippen molar-refractivity contribution in [3.05, 3.63) is 83.9 Å². The third-order valence-electron chi connectivity index (χ3n) is 4.18. The predicted molar refractivity (Wildman–Crippen MR) is 103 cm³/mol. The number of aliphatic hydroxyl groups excluding tert-OH is 1. The molecule has 0 aromatic heterocycles. The topological polar surface area (TPSA) is 49.8 Å². The van der Waals surface area contributed by atoms with Crippen LogP contribution in [0.25, 0.3) is 10.8 Å². The van der Waals surface area contributed by atoms with E-state index in [0.29, 0.717) is 13.1 Å². The maximum atomic E-state index is 12.0. The van der Waals surface area contributed by atoms with Gasteiger partial charge in [-0.15, -0.1) is 0 Å². The lowest BCUT2D eigenvalue weighted by atomic mass is 10.1. The number of hydrogen-bond acceptors (Lipinski definition) is 4. The molecule has 0 radical (unpaired) electrons. The number of carbonyl (C=O) groups excluding carboxylic acids is 1. The van der Waals surface area contributed by atoms with Crippen molar-refractivity contribution in [2.75, 3.05) is 19.8 Å². The normalized spacial score (nSPS) is 11.0. The van der Waals surface area contributed by atoms with Gasteiger partial charge in [-0.05, 0) is 28.0 Å². The van der Waals surface area contributed by atoms with Crippen molar-refractivity contribution in [1.29, 1.82) is 0 Å². The number of nitrogens with zero attached hydrogens (tertiary/aromatic N) is 1. The highest BCUT2D eigenvalue weighted by Gasteiger charge is 2.13. The molecule has 0 saturated heterocycles. The van der Waals surface area contributed by atoms with Gasteiger partial charge in [-0.2, -0.15) is 0 Å². The molecule has 4 nitrogen and oxygen atoms in total. The molecule has 3 aromatic carbocycles. The molecule has 0 fully saturated rings. The van der Waals surface area contributed by atoms with Crippen LogP contribution in [-0.4, -0.2) is 35.7 Å². The Morgan fingerprint density at radius 1 is 0.846 bits per heavy atom. The van der Waals surface area contributed by atoms with Crippen LogP contribution in [0.2, 0.25) is 0 Å². The van der Waals surface area contributed by atoms with Crippen molar-refractivity contribution in [2.45, 2.75) is 13.1 Å². The molecule has 0 aliphatic carbocycles. The van der Waals surface area contributed by atoms with E-state index in [0.717, 1.165) is 11.1 Å². The van der Waals surface area contributed by atoms with E-state index in [4.69, 9.17) is 9.84 Å². The molecule has 0 aliphatic rings. The molecule has 0 bridgehead atoms. The van der Waals surface area contributed by atoms with E-state index < -0.39 is 0 Å². The maximum absolute atomic E-state index is 12.0. The Morgan fingerprint density at radius 3 is 2.31 bits per heavy atom. The summed E-state index contributed by atoms with van der Waals surface area (Å²) >= 11 is 0. The van der Waals surface area contributed by atoms with Crippen LogP contribution < -0.4 is 0 Å². The standard InChI is InChI=1S/C22H23NO3/c24-12-13-26-22(25)17-23(15-18-6-2-1-3-7-18)16-19-10-11-20-8-4-5-9-21(20)14-19/h1-11,14,24H,12-13,15-17H2. The minimum atomic E-state index is -0.323. The Kier molecular flexibility index (Phi) is 6.36. The molecule has 0 atom stereocenters. The van der Waals surface area contributed by atoms with Gasteiger partial charge in [0.15, 0.2) is 0 Å². The van der Waals surface area contributed by atoms with E-state index in [2.05, 4.69) is 35.2 Å². The Balaban J connectivity index is 1.75. The molecule has 0 unspecified atom stereocenters. The molecule has 0 heterocycles. The largest absolute Gasteiger partial charge is 0.462 e. The lowest BCUT2D eigenvalue weighted by Gasteiger charge is -2.22. The first-order valence-corrected chi connectivity index (χ1v) is 8.75. The van der Waals surface area contributed by atoms with Crippen LogP contribution in [0, 0.1) is 0 Å². The third-order valence-corrected chi connectivity index (χ3v) is 4.18. The molecule has 0 spiro atoms. The zero-order valence-electron chi connectivity index (χ0n) is 14.7. The Bertz CT molecular complexity index is 848. The van der Waals surface area contributed by atoms with Crippen LogP contribution in [0.3, 0.4) is 0 Å². The molecule has 0 aliphatic heterocycles. The van der Waals surface area contributed by atoms with Gasteiger partial charge in [0, 0.05) is 13.1 Å². The van der Waals surface area contributed by atoms with Crippen LogP contribution in [0.15, 0.2) is 72.8 Å². The second-order valence-corrected chi connectivity index (χ2v) is 6.26. The van der Waals surface area contributed by atoms with Crippen LogP contribution in [0.4, 0.5) is 0 Å². The summed E-state index contributed by atoms with van der Waals surface area (Å²) < 4.78 is 5.04. The number of hydrogen-bond donors (Lipinski definition) is 1. The first-order chi connectivity index (χ1) is 12.7. The van der Waals surface area contributed by atoms with Crippen LogP contribution in [0.1, 0.15) is 11.1 Å². The fourth-order valence-corrected chi connectivity index (χ4v) is 2.99. The summed E-state index contributed by atoms with van der Waals surface area (Å²) in [4.78, 5) is 14.1. The molecule has 0 saturated carbocycles. The number of carbonyl (C=O) groups is 1. The molecule has 134 valence electrons. The highest BCUT2D eigenvalue weighted by Crippen LogP contribution is 2.18. The van der Waals surface area contributed by atoms with Gasteiger partial charge in [0.1, 0.15) is 6.61 Å². The third kappa shape index (κ3) is 5.15. The summed E-state index contributed by atoms with van der Waals surface area (Å²) in [5, 5.41) is 11.2. The fourth-order valence-electron chi connectivity index (χ4n) is 2.99. The smallest absolute Gasteiger partial charge is 0.320 e. The molecule has 26 heavy (non-hydrogen) atoms. The van der Waals surface area contributed by atoms with Crippen molar-refractivity contribution in [2.24, 2.45) is 0 Å². The Hall–Kier alpha value is -2.69. The average molecular weight is 349 g/mol. The van der Waals surface area contributed by atoms with Gasteiger partial charge in [0.25, 0.3) is 0 Å². The number of benzene rings is 3. The molecular weight excluding hydrogens is 326 g/mol. The van der Waals surface area contributed by atoms with Gasteiger partial charge in [-0.25, -0.2) is 0 Å². The van der Waals surface area contributed by atoms with E-state index >= 15 is 0 Å². The molecule has 3 aromatic rings. The second kappa shape index (κ2) is 9.13. The number of rotatable bonds is 8. The lowest BCUT2D eigenvalue weighted by Crippen LogP contribution is -2.30. The van der Waals surface area contributed by atoms with Gasteiger partial charge in [0.2, 0.25) is 0 Å². The van der Waals surface area contributed by atoms with Gasteiger partial charge in [-0.1, -0.05) is 66.7 Å². The molecule has 0 amide bonds. The lowest BCUT2D eigenvalue weighted by molar-refractivity contribution is -0.146. The highest BCUT2D eigenvalue weighted by molar-refractivity contribution is 5.83. The highest BCUT2D eigenvalue weighted by atomic mass is 16.5. The zero-order chi connectivity index (χ0) is 18.2. The summed E-state index contributed by atoms with van der Waals surface area (Å²) in [5.74, 6) is -0.323. The quantitative estimate of drug-likeness (QED) is 0.634. The van der Waals surface area contributed by atoms with Crippen LogP contribution in [0.5, 0.6) is 0 Å². The number of fused-ring (bicyclic) bond motifs is 1. The van der Waals surface area contributed by atoms with E-state index in [1.165, 1.54) is 10.8 Å². The van der Waals surface area contributed by atoms with Gasteiger partial charge < -0.3 is 9.84 Å². The molecule has 1 N–H and O–H groups in total. The van der Waals surface area contributed by atoms with Gasteiger partial charge >= 0.3 is 5.97 Å². The van der Waals surface area contributed by atoms with E-state index in [9.17, 15) is 4.79 Å². The molecule has 3 rings (SSSR count). The minimum Gasteiger partial charge on any atom is -0.462 e. The number of aliphatic hydroxyl groups is 1. The summed E-state index contributed by atoms with van der Waals surface area (Å²) in [6.07, 6.45) is 0. The van der Waals surface area contributed by atoms with Crippen molar-refractivity contribution in [3.8, 4) is 0 Å². The summed E-state index contributed by atoms with van der Waals surface area (Å²) in [6.45, 7) is 1.36. The summed E-state index contributed by atoms with van der Waals surface area (Å²) in [6, 6.07) is 24.7. The van der Waals surface area contributed by atoms with Gasteiger partial charge in [-0.3, -0.25) is 9.69 Å². The average Bonchev–Trinajstić information content (AvgIpc) is 2.67. The first kappa shape index (κ1) is 18.1. The van der Waals surface area contributed by atoms with E-state index in [-0.39, 0.29) is 25.7 Å². The van der Waals surface area contributed by atoms with Crippen molar-refractivity contribution in [3.63, 3.8) is 0 Å². The van der Waals surface area contributed by atoms with E-state index in [1.54, 1.807) is 0 Å². The summed E-state index contributed by atoms with van der Waals surface area (Å²) in [5.41, 5.74) is 2.29. The number of ether oxygens (including phenoxy) is 1. The van der Waals surface area contributed by atoms with Crippen molar-refractivity contribution < 1.29 is 14.6 Å². The minimum absolute atomic E-state index is 0.0357. The Morgan fingerprint density at radius 2 is 1.54 bits per heavy atom. The SMILES string of the molecule is O=C(CN(Cc1ccccc1)Cc1ccc2ccccc2c1)OCCO. The fraction of sp³-hybridized carbons (Fsp3) is 0.227. The van der Waals surface area contributed by atoms with E-state index in [1.807, 2.05) is 42.5 Å². The first-order valence-electron chi connectivity index (χ1n) is 8.75. The molecule has 4 heteroatoms. The Labute approximate surface area is 153 Å². The van der Waals surface area contributed by atoms with Gasteiger partial charge in [0.05, 0.1) is 13.2 Å². The van der Waals surface area contributed by atoms with Crippen LogP contribution >= 0.6 is 0 Å².